The average Bonchev–Trinajstić information content (AvgIpc) is 2.70. The van der Waals surface area contributed by atoms with Crippen molar-refractivity contribution in [3.8, 4) is 0 Å². The number of benzene rings is 2. The van der Waals surface area contributed by atoms with Gasteiger partial charge in [0.25, 0.3) is 0 Å². The summed E-state index contributed by atoms with van der Waals surface area (Å²) in [6.07, 6.45) is 3.28. The third-order valence-corrected chi connectivity index (χ3v) is 4.43. The summed E-state index contributed by atoms with van der Waals surface area (Å²) in [5.41, 5.74) is 5.79. The number of rotatable bonds is 3. The van der Waals surface area contributed by atoms with E-state index < -0.39 is 0 Å². The molecule has 2 aromatic carbocycles. The summed E-state index contributed by atoms with van der Waals surface area (Å²) < 4.78 is 0. The smallest absolute Gasteiger partial charge is 0.224 e. The standard InChI is InChI=1S/C21H24N2O/c1-16(24)23-15-17-9-4-5-10-18(17)19(12-8-14-22(2)3)20-11-6-7-13-21(20)23/h4-7,9-13H,8,14-15H2,1-3H3/b19-12-. The van der Waals surface area contributed by atoms with Crippen LogP contribution in [-0.4, -0.2) is 31.4 Å². The highest BCUT2D eigenvalue weighted by atomic mass is 16.2. The zero-order chi connectivity index (χ0) is 17.1. The molecule has 3 rings (SSSR count). The molecular weight excluding hydrogens is 296 g/mol. The Morgan fingerprint density at radius 1 is 1.08 bits per heavy atom. The Balaban J connectivity index is 2.17. The summed E-state index contributed by atoms with van der Waals surface area (Å²) >= 11 is 0. The van der Waals surface area contributed by atoms with E-state index in [9.17, 15) is 4.79 Å². The maximum Gasteiger partial charge on any atom is 0.224 e. The minimum atomic E-state index is 0.0757. The molecule has 24 heavy (non-hydrogen) atoms. The van der Waals surface area contributed by atoms with Gasteiger partial charge >= 0.3 is 0 Å². The van der Waals surface area contributed by atoms with Gasteiger partial charge in [0.1, 0.15) is 0 Å². The molecule has 0 atom stereocenters. The monoisotopic (exact) mass is 320 g/mol. The Bertz CT molecular complexity index is 777. The van der Waals surface area contributed by atoms with Crippen molar-refractivity contribution in [2.75, 3.05) is 25.5 Å². The van der Waals surface area contributed by atoms with Crippen LogP contribution in [0.5, 0.6) is 0 Å². The summed E-state index contributed by atoms with van der Waals surface area (Å²) in [4.78, 5) is 16.3. The van der Waals surface area contributed by atoms with Gasteiger partial charge in [-0.3, -0.25) is 4.79 Å². The first kappa shape index (κ1) is 16.5. The average molecular weight is 320 g/mol. The second-order valence-corrected chi connectivity index (χ2v) is 6.49. The van der Waals surface area contributed by atoms with E-state index in [1.54, 1.807) is 6.92 Å². The van der Waals surface area contributed by atoms with E-state index in [0.29, 0.717) is 6.54 Å². The van der Waals surface area contributed by atoms with E-state index >= 15 is 0 Å². The van der Waals surface area contributed by atoms with Gasteiger partial charge in [-0.2, -0.15) is 0 Å². The summed E-state index contributed by atoms with van der Waals surface area (Å²) in [6.45, 7) is 3.26. The SMILES string of the molecule is CC(=O)N1Cc2ccccc2/C(=C/CCN(C)C)c2ccccc21. The number of nitrogens with zero attached hydrogens (tertiary/aromatic N) is 2. The molecule has 0 spiro atoms. The van der Waals surface area contributed by atoms with Crippen LogP contribution in [0, 0.1) is 0 Å². The van der Waals surface area contributed by atoms with E-state index in [0.717, 1.165) is 24.2 Å². The first-order chi connectivity index (χ1) is 11.6. The number of anilines is 1. The minimum Gasteiger partial charge on any atom is -0.309 e. The molecule has 0 aromatic heterocycles. The van der Waals surface area contributed by atoms with Crippen molar-refractivity contribution < 1.29 is 4.79 Å². The first-order valence-corrected chi connectivity index (χ1v) is 8.38. The summed E-state index contributed by atoms with van der Waals surface area (Å²) in [5, 5.41) is 0. The van der Waals surface area contributed by atoms with Gasteiger partial charge < -0.3 is 9.80 Å². The van der Waals surface area contributed by atoms with Gasteiger partial charge in [-0.1, -0.05) is 48.5 Å². The third kappa shape index (κ3) is 3.26. The molecule has 0 fully saturated rings. The lowest BCUT2D eigenvalue weighted by Crippen LogP contribution is -2.27. The largest absolute Gasteiger partial charge is 0.309 e. The van der Waals surface area contributed by atoms with Crippen LogP contribution in [0.4, 0.5) is 5.69 Å². The van der Waals surface area contributed by atoms with Crippen molar-refractivity contribution >= 4 is 17.2 Å². The molecule has 2 aromatic rings. The van der Waals surface area contributed by atoms with Crippen LogP contribution >= 0.6 is 0 Å². The Morgan fingerprint density at radius 3 is 2.46 bits per heavy atom. The predicted molar refractivity (Wildman–Crippen MR) is 100.0 cm³/mol. The van der Waals surface area contributed by atoms with Crippen molar-refractivity contribution in [3.63, 3.8) is 0 Å². The molecule has 0 aliphatic carbocycles. The molecule has 1 aliphatic rings. The van der Waals surface area contributed by atoms with E-state index in [1.165, 1.54) is 16.7 Å². The van der Waals surface area contributed by atoms with Crippen LogP contribution in [0.3, 0.4) is 0 Å². The lowest BCUT2D eigenvalue weighted by molar-refractivity contribution is -0.116. The van der Waals surface area contributed by atoms with Gasteiger partial charge in [-0.15, -0.1) is 0 Å². The second-order valence-electron chi connectivity index (χ2n) is 6.49. The molecule has 0 bridgehead atoms. The molecule has 0 N–H and O–H groups in total. The molecule has 0 radical (unpaired) electrons. The molecule has 1 heterocycles. The maximum atomic E-state index is 12.2. The first-order valence-electron chi connectivity index (χ1n) is 8.38. The van der Waals surface area contributed by atoms with Gasteiger partial charge in [-0.25, -0.2) is 0 Å². The number of para-hydroxylation sites is 1. The van der Waals surface area contributed by atoms with Crippen molar-refractivity contribution in [1.29, 1.82) is 0 Å². The molecular formula is C21H24N2O. The van der Waals surface area contributed by atoms with Crippen molar-refractivity contribution in [2.45, 2.75) is 19.9 Å². The van der Waals surface area contributed by atoms with Crippen LogP contribution in [0.25, 0.3) is 5.57 Å². The molecule has 124 valence electrons. The molecule has 3 heteroatoms. The zero-order valence-electron chi connectivity index (χ0n) is 14.6. The highest BCUT2D eigenvalue weighted by Gasteiger charge is 2.24. The summed E-state index contributed by atoms with van der Waals surface area (Å²) in [6, 6.07) is 16.6. The van der Waals surface area contributed by atoms with Crippen LogP contribution in [-0.2, 0) is 11.3 Å². The van der Waals surface area contributed by atoms with E-state index in [-0.39, 0.29) is 5.91 Å². The number of amides is 1. The quantitative estimate of drug-likeness (QED) is 0.855. The van der Waals surface area contributed by atoms with E-state index in [1.807, 2.05) is 29.2 Å². The number of carbonyl (C=O) groups excluding carboxylic acids is 1. The highest BCUT2D eigenvalue weighted by Crippen LogP contribution is 2.38. The Labute approximate surface area is 144 Å². The molecule has 0 saturated heterocycles. The van der Waals surface area contributed by atoms with Crippen molar-refractivity contribution in [3.05, 3.63) is 71.3 Å². The minimum absolute atomic E-state index is 0.0757. The predicted octanol–water partition coefficient (Wildman–Crippen LogP) is 3.94. The van der Waals surface area contributed by atoms with E-state index in [2.05, 4.69) is 49.3 Å². The van der Waals surface area contributed by atoms with E-state index in [4.69, 9.17) is 0 Å². The Hall–Kier alpha value is -2.39. The lowest BCUT2D eigenvalue weighted by Gasteiger charge is -2.21. The number of fused-ring (bicyclic) bond motifs is 2. The fourth-order valence-electron chi connectivity index (χ4n) is 3.23. The lowest BCUT2D eigenvalue weighted by atomic mass is 9.93. The highest BCUT2D eigenvalue weighted by molar-refractivity contribution is 5.99. The van der Waals surface area contributed by atoms with Crippen molar-refractivity contribution in [2.24, 2.45) is 0 Å². The normalized spacial score (nSPS) is 15.2. The molecule has 0 unspecified atom stereocenters. The molecule has 3 nitrogen and oxygen atoms in total. The topological polar surface area (TPSA) is 23.6 Å². The van der Waals surface area contributed by atoms with Gasteiger partial charge in [-0.05, 0) is 43.3 Å². The Morgan fingerprint density at radius 2 is 1.75 bits per heavy atom. The van der Waals surface area contributed by atoms with Gasteiger partial charge in [0.15, 0.2) is 0 Å². The summed E-state index contributed by atoms with van der Waals surface area (Å²) in [7, 11) is 4.18. The van der Waals surface area contributed by atoms with Crippen LogP contribution in [0.2, 0.25) is 0 Å². The third-order valence-electron chi connectivity index (χ3n) is 4.43. The molecule has 1 aliphatic heterocycles. The number of hydrogen-bond acceptors (Lipinski definition) is 2. The Kier molecular flexibility index (Phi) is 4.81. The van der Waals surface area contributed by atoms with Gasteiger partial charge in [0.05, 0.1) is 12.2 Å². The van der Waals surface area contributed by atoms with Gasteiger partial charge in [0.2, 0.25) is 5.91 Å². The van der Waals surface area contributed by atoms with Gasteiger partial charge in [0, 0.05) is 19.0 Å². The number of carbonyl (C=O) groups is 1. The fourth-order valence-corrected chi connectivity index (χ4v) is 3.23. The maximum absolute atomic E-state index is 12.2. The summed E-state index contributed by atoms with van der Waals surface area (Å²) in [5.74, 6) is 0.0757. The van der Waals surface area contributed by atoms with Crippen molar-refractivity contribution in [1.82, 2.24) is 4.90 Å². The fraction of sp³-hybridized carbons (Fsp3) is 0.286. The molecule has 0 saturated carbocycles. The second kappa shape index (κ2) is 7.02. The zero-order valence-corrected chi connectivity index (χ0v) is 14.6. The molecule has 1 amide bonds. The van der Waals surface area contributed by atoms with Crippen LogP contribution in [0.1, 0.15) is 30.0 Å². The van der Waals surface area contributed by atoms with Crippen LogP contribution < -0.4 is 4.90 Å². The van der Waals surface area contributed by atoms with Crippen LogP contribution in [0.15, 0.2) is 54.6 Å². The number of hydrogen-bond donors (Lipinski definition) is 0.